The molecule has 0 spiro atoms. The van der Waals surface area contributed by atoms with E-state index in [4.69, 9.17) is 9.05 Å². The number of aryl methyl sites for hydroxylation is 1. The predicted molar refractivity (Wildman–Crippen MR) is 206 cm³/mol. The summed E-state index contributed by atoms with van der Waals surface area (Å²) in [5.74, 6) is 1.53. The van der Waals surface area contributed by atoms with E-state index in [0.29, 0.717) is 0 Å². The second kappa shape index (κ2) is 23.0. The van der Waals surface area contributed by atoms with Gasteiger partial charge in [-0.15, -0.1) is 11.6 Å². The maximum absolute atomic E-state index is 7.03. The van der Waals surface area contributed by atoms with E-state index in [-0.39, 0.29) is 0 Å². The third-order valence-corrected chi connectivity index (χ3v) is 11.9. The Balaban J connectivity index is 0.00000255. The van der Waals surface area contributed by atoms with Crippen LogP contribution in [0.4, 0.5) is 0 Å². The van der Waals surface area contributed by atoms with Gasteiger partial charge in [0.25, 0.3) is 0 Å². The van der Waals surface area contributed by atoms with Gasteiger partial charge >= 0.3 is 27.7 Å². The number of hydrogen-bond acceptors (Lipinski definition) is 2. The van der Waals surface area contributed by atoms with Gasteiger partial charge in [-0.25, -0.2) is 0 Å². The van der Waals surface area contributed by atoms with Crippen LogP contribution in [-0.4, -0.2) is 0 Å². The first kappa shape index (κ1) is 38.3. The molecule has 48 heavy (non-hydrogen) atoms. The Hall–Kier alpha value is -2.49. The summed E-state index contributed by atoms with van der Waals surface area (Å²) in [6, 6.07) is 50.2. The average molecular weight is 788 g/mol. The van der Waals surface area contributed by atoms with Crippen LogP contribution in [0.1, 0.15) is 76.7 Å². The Morgan fingerprint density at radius 1 is 0.479 bits per heavy atom. The minimum absolute atomic E-state index is 0.719. The van der Waals surface area contributed by atoms with Crippen LogP contribution in [0.15, 0.2) is 133 Å². The molecule has 0 aromatic heterocycles. The van der Waals surface area contributed by atoms with Gasteiger partial charge in [-0.3, -0.25) is 0 Å². The van der Waals surface area contributed by atoms with Crippen LogP contribution in [0.3, 0.4) is 0 Å². The van der Waals surface area contributed by atoms with E-state index >= 15 is 0 Å². The van der Waals surface area contributed by atoms with Crippen LogP contribution in [0.2, 0.25) is 0 Å². The fraction of sp³-hybridized carbons (Fsp3) is 0.286. The predicted octanol–water partition coefficient (Wildman–Crippen LogP) is 11.5. The van der Waals surface area contributed by atoms with Crippen molar-refractivity contribution in [1.29, 1.82) is 0 Å². The summed E-state index contributed by atoms with van der Waals surface area (Å²) in [6.45, 7) is 2.28. The van der Waals surface area contributed by atoms with Gasteiger partial charge in [-0.2, -0.15) is 6.07 Å². The first-order valence-electron chi connectivity index (χ1n) is 17.2. The molecule has 0 fully saturated rings. The number of benzene rings is 5. The number of hydrogen-bond donors (Lipinski definition) is 0. The molecule has 0 aliphatic carbocycles. The topological polar surface area (TPSA) is 18.5 Å². The molecule has 254 valence electrons. The SMILES string of the molecule is CCCCCCCCCCCCc1ccc(OP(c2ccccc2)c2ccccc2)[c-]c1OP(c1ccccc1)c1ccccc1.[Cl][Pd+]. The Morgan fingerprint density at radius 3 is 1.27 bits per heavy atom. The van der Waals surface area contributed by atoms with Gasteiger partial charge < -0.3 is 9.05 Å². The van der Waals surface area contributed by atoms with Gasteiger partial charge in [0.1, 0.15) is 16.3 Å². The van der Waals surface area contributed by atoms with Crippen LogP contribution < -0.4 is 30.3 Å². The molecule has 0 N–H and O–H groups in total. The summed E-state index contributed by atoms with van der Waals surface area (Å²) in [4.78, 5) is 0. The van der Waals surface area contributed by atoms with Crippen LogP contribution in [-0.2, 0) is 24.6 Å². The van der Waals surface area contributed by atoms with Crippen molar-refractivity contribution in [1.82, 2.24) is 0 Å². The van der Waals surface area contributed by atoms with E-state index in [1.807, 2.05) is 0 Å². The first-order valence-corrected chi connectivity index (χ1v) is 21.7. The Labute approximate surface area is 306 Å². The molecule has 5 rings (SSSR count). The second-order valence-electron chi connectivity index (χ2n) is 11.7. The molecular weight excluding hydrogens is 740 g/mol. The molecule has 5 aromatic carbocycles. The van der Waals surface area contributed by atoms with Gasteiger partial charge in [-0.1, -0.05) is 205 Å². The zero-order valence-corrected chi connectivity index (χ0v) is 32.0. The molecule has 0 unspecified atom stereocenters. The second-order valence-corrected chi connectivity index (χ2v) is 15.3. The Bertz CT molecular complexity index is 1460. The van der Waals surface area contributed by atoms with E-state index < -0.39 is 16.3 Å². The summed E-state index contributed by atoms with van der Waals surface area (Å²) < 4.78 is 13.8. The first-order chi connectivity index (χ1) is 23.8. The van der Waals surface area contributed by atoms with E-state index in [2.05, 4.69) is 174 Å². The van der Waals surface area contributed by atoms with E-state index in [0.717, 1.165) is 24.3 Å². The minimum atomic E-state index is -1.08. The molecular formula is C42H47ClO2P2Pd. The number of rotatable bonds is 19. The van der Waals surface area contributed by atoms with Gasteiger partial charge in [-0.05, 0) is 0 Å². The zero-order chi connectivity index (χ0) is 33.7. The molecule has 0 saturated carbocycles. The summed E-state index contributed by atoms with van der Waals surface area (Å²) in [7, 11) is 2.35. The Morgan fingerprint density at radius 2 is 0.854 bits per heavy atom. The van der Waals surface area contributed by atoms with Gasteiger partial charge in [0.15, 0.2) is 0 Å². The van der Waals surface area contributed by atoms with Crippen molar-refractivity contribution in [2.75, 3.05) is 0 Å². The maximum atomic E-state index is 7.03. The molecule has 0 bridgehead atoms. The quantitative estimate of drug-likeness (QED) is 0.0359. The molecule has 0 saturated heterocycles. The van der Waals surface area contributed by atoms with Gasteiger partial charge in [0.2, 0.25) is 0 Å². The van der Waals surface area contributed by atoms with Crippen molar-refractivity contribution in [3.63, 3.8) is 0 Å². The van der Waals surface area contributed by atoms with Crippen molar-refractivity contribution in [3.8, 4) is 11.5 Å². The molecule has 0 heterocycles. The van der Waals surface area contributed by atoms with Crippen LogP contribution in [0.5, 0.6) is 11.5 Å². The van der Waals surface area contributed by atoms with Crippen molar-refractivity contribution in [3.05, 3.63) is 145 Å². The molecule has 6 heteroatoms. The van der Waals surface area contributed by atoms with E-state index in [1.165, 1.54) is 84.6 Å². The summed E-state index contributed by atoms with van der Waals surface area (Å²) in [5.41, 5.74) is 1.20. The fourth-order valence-corrected chi connectivity index (χ4v) is 9.01. The summed E-state index contributed by atoms with van der Waals surface area (Å²) in [6.07, 6.45) is 14.2. The molecule has 0 aliphatic heterocycles. The monoisotopic (exact) mass is 786 g/mol. The number of halogens is 1. The van der Waals surface area contributed by atoms with Crippen molar-refractivity contribution in [2.24, 2.45) is 0 Å². The normalized spacial score (nSPS) is 10.9. The average Bonchev–Trinajstić information content (AvgIpc) is 3.16. The van der Waals surface area contributed by atoms with Crippen molar-refractivity contribution >= 4 is 47.0 Å². The van der Waals surface area contributed by atoms with Crippen LogP contribution >= 0.6 is 25.8 Å². The van der Waals surface area contributed by atoms with Crippen molar-refractivity contribution < 1.29 is 27.2 Å². The van der Waals surface area contributed by atoms with Gasteiger partial charge in [0.05, 0.1) is 0 Å². The Kier molecular flexibility index (Phi) is 18.4. The fourth-order valence-electron chi connectivity index (χ4n) is 5.57. The molecule has 5 aromatic rings. The zero-order valence-electron chi connectivity index (χ0n) is 27.9. The molecule has 0 aliphatic rings. The molecule has 0 radical (unpaired) electrons. The standard InChI is InChI=1S/C42H47O2P2.ClH.Pd/c1-2-3-4-5-6-7-8-9-10-15-24-36-33-34-37(43-45(38-25-16-11-17-26-38)39-27-18-12-19-28-39)35-42(36)44-46(40-29-20-13-21-30-40)41-31-22-14-23-32-41;;/h11-14,16-23,25-34H,2-10,15,24H2,1H3;1H;/q-1;;+2/p-1. The molecule has 2 nitrogen and oxygen atoms in total. The van der Waals surface area contributed by atoms with Gasteiger partial charge in [0, 0.05) is 32.7 Å². The van der Waals surface area contributed by atoms with Crippen LogP contribution in [0, 0.1) is 6.07 Å². The summed E-state index contributed by atoms with van der Waals surface area (Å²) >= 11 is 2.22. The number of unbranched alkanes of at least 4 members (excludes halogenated alkanes) is 9. The van der Waals surface area contributed by atoms with E-state index in [1.54, 1.807) is 0 Å². The third-order valence-electron chi connectivity index (χ3n) is 8.10. The molecule has 0 amide bonds. The summed E-state index contributed by atoms with van der Waals surface area (Å²) in [5, 5.41) is 4.71. The third kappa shape index (κ3) is 12.8. The van der Waals surface area contributed by atoms with Crippen molar-refractivity contribution in [2.45, 2.75) is 77.6 Å². The molecule has 0 atom stereocenters. The van der Waals surface area contributed by atoms with E-state index in [9.17, 15) is 0 Å². The van der Waals surface area contributed by atoms with Crippen LogP contribution in [0.25, 0.3) is 0 Å².